The van der Waals surface area contributed by atoms with Gasteiger partial charge < -0.3 is 9.64 Å². The predicted molar refractivity (Wildman–Crippen MR) is 91.7 cm³/mol. The summed E-state index contributed by atoms with van der Waals surface area (Å²) in [4.78, 5) is 15.2. The van der Waals surface area contributed by atoms with Crippen LogP contribution >= 0.6 is 0 Å². The van der Waals surface area contributed by atoms with Crippen molar-refractivity contribution in [3.63, 3.8) is 0 Å². The van der Waals surface area contributed by atoms with Crippen LogP contribution in [0.2, 0.25) is 0 Å². The van der Waals surface area contributed by atoms with E-state index in [1.54, 1.807) is 0 Å². The van der Waals surface area contributed by atoms with E-state index < -0.39 is 5.41 Å². The van der Waals surface area contributed by atoms with Crippen LogP contribution in [0.1, 0.15) is 31.4 Å². The molecule has 0 fully saturated rings. The van der Waals surface area contributed by atoms with Crippen LogP contribution < -0.4 is 4.74 Å². The topological polar surface area (TPSA) is 29.5 Å². The van der Waals surface area contributed by atoms with Gasteiger partial charge in [0.2, 0.25) is 0 Å². The largest absolute Gasteiger partial charge is 0.425 e. The summed E-state index contributed by atoms with van der Waals surface area (Å²) in [5, 5.41) is 0. The van der Waals surface area contributed by atoms with Crippen LogP contribution in [0.4, 0.5) is 0 Å². The number of hydrogen-bond acceptors (Lipinski definition) is 3. The van der Waals surface area contributed by atoms with E-state index in [9.17, 15) is 4.79 Å². The van der Waals surface area contributed by atoms with Crippen molar-refractivity contribution in [2.75, 3.05) is 19.6 Å². The molecule has 0 spiro atoms. The molecule has 23 heavy (non-hydrogen) atoms. The molecule has 120 valence electrons. The lowest BCUT2D eigenvalue weighted by Crippen LogP contribution is -2.39. The first-order chi connectivity index (χ1) is 11.2. The highest BCUT2D eigenvalue weighted by molar-refractivity contribution is 5.94. The van der Waals surface area contributed by atoms with Gasteiger partial charge in [-0.05, 0) is 37.7 Å². The molecule has 2 aromatic carbocycles. The Morgan fingerprint density at radius 3 is 2.30 bits per heavy atom. The van der Waals surface area contributed by atoms with Crippen LogP contribution in [0.5, 0.6) is 5.75 Å². The quantitative estimate of drug-likeness (QED) is 0.603. The number of benzene rings is 2. The lowest BCUT2D eigenvalue weighted by atomic mass is 9.73. The number of ether oxygens (including phenoxy) is 1. The van der Waals surface area contributed by atoms with Crippen molar-refractivity contribution in [2.24, 2.45) is 0 Å². The molecule has 0 aromatic heterocycles. The number of carbonyl (C=O) groups is 1. The molecule has 3 nitrogen and oxygen atoms in total. The van der Waals surface area contributed by atoms with Crippen LogP contribution in [-0.4, -0.2) is 30.5 Å². The zero-order chi connectivity index (χ0) is 16.3. The van der Waals surface area contributed by atoms with E-state index in [2.05, 4.69) is 18.7 Å². The molecule has 0 unspecified atom stereocenters. The molecule has 0 saturated heterocycles. The number of nitrogens with zero attached hydrogens (tertiary/aromatic N) is 1. The number of hydrogen-bond donors (Lipinski definition) is 0. The Labute approximate surface area is 137 Å². The Bertz CT molecular complexity index is 679. The number of rotatable bonds is 6. The van der Waals surface area contributed by atoms with Crippen molar-refractivity contribution in [2.45, 2.75) is 25.7 Å². The van der Waals surface area contributed by atoms with Gasteiger partial charge in [0.05, 0.1) is 0 Å². The van der Waals surface area contributed by atoms with E-state index in [1.807, 2.05) is 54.6 Å². The van der Waals surface area contributed by atoms with E-state index in [0.29, 0.717) is 5.75 Å². The third-order valence-corrected chi connectivity index (χ3v) is 4.86. The standard InChI is InChI=1S/C20H23NO2/c1-3-21(4-2)15-14-20(16-10-6-5-7-11-16)17-12-8-9-13-18(17)23-19(20)22/h5-13H,3-4,14-15H2,1-2H3/t20-/m0/s1. The smallest absolute Gasteiger partial charge is 0.326 e. The van der Waals surface area contributed by atoms with Crippen molar-refractivity contribution in [3.05, 3.63) is 65.7 Å². The van der Waals surface area contributed by atoms with Gasteiger partial charge in [-0.3, -0.25) is 4.79 Å². The summed E-state index contributed by atoms with van der Waals surface area (Å²) in [5.74, 6) is 0.540. The Hall–Kier alpha value is -2.13. The second-order valence-corrected chi connectivity index (χ2v) is 5.93. The molecule has 0 aliphatic carbocycles. The summed E-state index contributed by atoms with van der Waals surface area (Å²) in [6.45, 7) is 7.14. The van der Waals surface area contributed by atoms with Crippen LogP contribution in [0.15, 0.2) is 54.6 Å². The highest BCUT2D eigenvalue weighted by atomic mass is 16.5. The van der Waals surface area contributed by atoms with Gasteiger partial charge in [0.1, 0.15) is 11.2 Å². The average molecular weight is 309 g/mol. The number of para-hydroxylation sites is 1. The van der Waals surface area contributed by atoms with Crippen LogP contribution in [0.3, 0.4) is 0 Å². The normalized spacial score (nSPS) is 19.7. The molecule has 0 saturated carbocycles. The molecule has 0 radical (unpaired) electrons. The fourth-order valence-corrected chi connectivity index (χ4v) is 3.45. The van der Waals surface area contributed by atoms with Crippen molar-refractivity contribution in [1.29, 1.82) is 0 Å². The SMILES string of the molecule is CCN(CC)CC[C@@]1(c2ccccc2)C(=O)Oc2ccccc21. The maximum atomic E-state index is 12.9. The van der Waals surface area contributed by atoms with Crippen molar-refractivity contribution in [3.8, 4) is 5.75 Å². The fourth-order valence-electron chi connectivity index (χ4n) is 3.45. The summed E-state index contributed by atoms with van der Waals surface area (Å²) in [6, 6.07) is 17.8. The van der Waals surface area contributed by atoms with Gasteiger partial charge in [-0.25, -0.2) is 0 Å². The summed E-state index contributed by atoms with van der Waals surface area (Å²) < 4.78 is 5.62. The predicted octanol–water partition coefficient (Wildman–Crippen LogP) is 3.62. The molecule has 3 rings (SSSR count). The molecule has 1 aliphatic rings. The van der Waals surface area contributed by atoms with Gasteiger partial charge >= 0.3 is 5.97 Å². The van der Waals surface area contributed by atoms with Gasteiger partial charge in [0.15, 0.2) is 0 Å². The number of esters is 1. The summed E-state index contributed by atoms with van der Waals surface area (Å²) >= 11 is 0. The Kier molecular flexibility index (Phi) is 4.49. The lowest BCUT2D eigenvalue weighted by Gasteiger charge is -2.29. The Balaban J connectivity index is 2.07. The molecular weight excluding hydrogens is 286 g/mol. The fraction of sp³-hybridized carbons (Fsp3) is 0.350. The molecule has 1 aliphatic heterocycles. The van der Waals surface area contributed by atoms with E-state index in [-0.39, 0.29) is 5.97 Å². The maximum Gasteiger partial charge on any atom is 0.326 e. The van der Waals surface area contributed by atoms with E-state index >= 15 is 0 Å². The van der Waals surface area contributed by atoms with Gasteiger partial charge in [-0.2, -0.15) is 0 Å². The molecule has 0 N–H and O–H groups in total. The van der Waals surface area contributed by atoms with Gasteiger partial charge in [-0.15, -0.1) is 0 Å². The van der Waals surface area contributed by atoms with Crippen molar-refractivity contribution in [1.82, 2.24) is 4.90 Å². The molecule has 2 aromatic rings. The molecule has 0 amide bonds. The summed E-state index contributed by atoms with van der Waals surface area (Å²) in [5.41, 5.74) is 1.31. The second kappa shape index (κ2) is 6.55. The van der Waals surface area contributed by atoms with Crippen LogP contribution in [0.25, 0.3) is 0 Å². The molecule has 1 heterocycles. The van der Waals surface area contributed by atoms with Crippen LogP contribution in [0, 0.1) is 0 Å². The van der Waals surface area contributed by atoms with Crippen molar-refractivity contribution >= 4 is 5.97 Å². The average Bonchev–Trinajstić information content (AvgIpc) is 2.89. The van der Waals surface area contributed by atoms with E-state index in [0.717, 1.165) is 37.2 Å². The maximum absolute atomic E-state index is 12.9. The van der Waals surface area contributed by atoms with Crippen LogP contribution in [-0.2, 0) is 10.2 Å². The molecule has 1 atom stereocenters. The summed E-state index contributed by atoms with van der Waals surface area (Å²) in [6.07, 6.45) is 0.731. The first-order valence-electron chi connectivity index (χ1n) is 8.32. The molecular formula is C20H23NO2. The van der Waals surface area contributed by atoms with Crippen molar-refractivity contribution < 1.29 is 9.53 Å². The lowest BCUT2D eigenvalue weighted by molar-refractivity contribution is -0.137. The zero-order valence-corrected chi connectivity index (χ0v) is 13.8. The zero-order valence-electron chi connectivity index (χ0n) is 13.8. The van der Waals surface area contributed by atoms with E-state index in [1.165, 1.54) is 0 Å². The first-order valence-corrected chi connectivity index (χ1v) is 8.32. The number of fused-ring (bicyclic) bond motifs is 1. The van der Waals surface area contributed by atoms with Gasteiger partial charge in [-0.1, -0.05) is 62.4 Å². The second-order valence-electron chi connectivity index (χ2n) is 5.93. The molecule has 0 bridgehead atoms. The monoisotopic (exact) mass is 309 g/mol. The molecule has 3 heteroatoms. The number of carbonyl (C=O) groups excluding carboxylic acids is 1. The highest BCUT2D eigenvalue weighted by Gasteiger charge is 2.50. The highest BCUT2D eigenvalue weighted by Crippen LogP contribution is 2.46. The summed E-state index contributed by atoms with van der Waals surface area (Å²) in [7, 11) is 0. The van der Waals surface area contributed by atoms with E-state index in [4.69, 9.17) is 4.74 Å². The Morgan fingerprint density at radius 2 is 1.61 bits per heavy atom. The third kappa shape index (κ3) is 2.66. The first kappa shape index (κ1) is 15.8. The third-order valence-electron chi connectivity index (χ3n) is 4.86. The minimum Gasteiger partial charge on any atom is -0.425 e. The van der Waals surface area contributed by atoms with Gasteiger partial charge in [0.25, 0.3) is 0 Å². The minimum absolute atomic E-state index is 0.156. The Morgan fingerprint density at radius 1 is 0.957 bits per heavy atom. The van der Waals surface area contributed by atoms with Gasteiger partial charge in [0, 0.05) is 5.56 Å². The minimum atomic E-state index is -0.694.